The summed E-state index contributed by atoms with van der Waals surface area (Å²) < 4.78 is 0. The molecule has 126 valence electrons. The molecule has 1 aliphatic heterocycles. The summed E-state index contributed by atoms with van der Waals surface area (Å²) in [6, 6.07) is 3.37. The van der Waals surface area contributed by atoms with Crippen LogP contribution < -0.4 is 10.6 Å². The minimum atomic E-state index is -0.0869. The lowest BCUT2D eigenvalue weighted by atomic mass is 9.95. The van der Waals surface area contributed by atoms with E-state index in [-0.39, 0.29) is 23.7 Å². The average molecular weight is 339 g/mol. The molecule has 1 fully saturated rings. The standard InChI is InChI=1S/C16H23ClN4O2/c1-11(9-18-2)16(23)21-7-5-12(6-8-21)15(22)20-14-4-3-13(17)10-19-14/h3-4,10-12,18H,5-9H2,1-2H3,(H,19,20,22). The zero-order valence-electron chi connectivity index (χ0n) is 13.5. The van der Waals surface area contributed by atoms with E-state index in [2.05, 4.69) is 15.6 Å². The topological polar surface area (TPSA) is 74.3 Å². The number of nitrogens with one attached hydrogen (secondary N) is 2. The molecule has 0 bridgehead atoms. The highest BCUT2D eigenvalue weighted by molar-refractivity contribution is 6.30. The number of likely N-dealkylation sites (tertiary alicyclic amines) is 1. The number of halogens is 1. The van der Waals surface area contributed by atoms with Crippen LogP contribution in [-0.2, 0) is 9.59 Å². The maximum atomic E-state index is 12.3. The number of piperidine rings is 1. The molecule has 0 saturated carbocycles. The van der Waals surface area contributed by atoms with Crippen LogP contribution in [0.4, 0.5) is 5.82 Å². The predicted octanol–water partition coefficient (Wildman–Crippen LogP) is 1.77. The molecule has 2 N–H and O–H groups in total. The lowest BCUT2D eigenvalue weighted by Crippen LogP contribution is -2.45. The Bertz CT molecular complexity index is 542. The van der Waals surface area contributed by atoms with Gasteiger partial charge in [-0.2, -0.15) is 0 Å². The fourth-order valence-corrected chi connectivity index (χ4v) is 2.86. The first-order valence-corrected chi connectivity index (χ1v) is 8.25. The van der Waals surface area contributed by atoms with Gasteiger partial charge in [0.1, 0.15) is 5.82 Å². The Balaban J connectivity index is 1.82. The quantitative estimate of drug-likeness (QED) is 0.858. The Morgan fingerprint density at radius 3 is 2.65 bits per heavy atom. The molecule has 7 heteroatoms. The molecule has 2 amide bonds. The highest BCUT2D eigenvalue weighted by atomic mass is 35.5. The van der Waals surface area contributed by atoms with Gasteiger partial charge in [0.05, 0.1) is 5.02 Å². The summed E-state index contributed by atoms with van der Waals surface area (Å²) in [6.07, 6.45) is 2.86. The van der Waals surface area contributed by atoms with Crippen LogP contribution in [0.1, 0.15) is 19.8 Å². The fraction of sp³-hybridized carbons (Fsp3) is 0.562. The third-order valence-corrected chi connectivity index (χ3v) is 4.31. The van der Waals surface area contributed by atoms with Gasteiger partial charge in [0.2, 0.25) is 11.8 Å². The van der Waals surface area contributed by atoms with Crippen LogP contribution in [0.2, 0.25) is 5.02 Å². The molecule has 1 saturated heterocycles. The molecule has 2 heterocycles. The largest absolute Gasteiger partial charge is 0.342 e. The second-order valence-electron chi connectivity index (χ2n) is 5.91. The first-order valence-electron chi connectivity index (χ1n) is 7.87. The Labute approximate surface area is 141 Å². The van der Waals surface area contributed by atoms with Crippen molar-refractivity contribution < 1.29 is 9.59 Å². The number of hydrogen-bond acceptors (Lipinski definition) is 4. The van der Waals surface area contributed by atoms with Gasteiger partial charge in [-0.15, -0.1) is 0 Å². The van der Waals surface area contributed by atoms with Crippen molar-refractivity contribution in [2.45, 2.75) is 19.8 Å². The van der Waals surface area contributed by atoms with E-state index in [1.165, 1.54) is 6.20 Å². The molecule has 0 spiro atoms. The monoisotopic (exact) mass is 338 g/mol. The van der Waals surface area contributed by atoms with Gasteiger partial charge in [-0.25, -0.2) is 4.98 Å². The number of carbonyl (C=O) groups excluding carboxylic acids is 2. The van der Waals surface area contributed by atoms with Gasteiger partial charge in [0.25, 0.3) is 0 Å². The molecule has 23 heavy (non-hydrogen) atoms. The minimum absolute atomic E-state index is 0.0383. The van der Waals surface area contributed by atoms with Crippen molar-refractivity contribution in [1.29, 1.82) is 0 Å². The lowest BCUT2D eigenvalue weighted by molar-refractivity contribution is -0.137. The number of nitrogens with zero attached hydrogens (tertiary/aromatic N) is 2. The Morgan fingerprint density at radius 2 is 2.09 bits per heavy atom. The van der Waals surface area contributed by atoms with Crippen molar-refractivity contribution in [2.75, 3.05) is 32.0 Å². The van der Waals surface area contributed by atoms with Crippen LogP contribution in [0.5, 0.6) is 0 Å². The first kappa shape index (κ1) is 17.7. The van der Waals surface area contributed by atoms with E-state index in [9.17, 15) is 9.59 Å². The highest BCUT2D eigenvalue weighted by Crippen LogP contribution is 2.20. The first-order chi connectivity index (χ1) is 11.0. The molecule has 6 nitrogen and oxygen atoms in total. The molecule has 2 rings (SSSR count). The Kier molecular flexibility index (Phi) is 6.36. The third kappa shape index (κ3) is 4.91. The van der Waals surface area contributed by atoms with E-state index in [0.717, 1.165) is 0 Å². The number of rotatable bonds is 5. The number of pyridine rings is 1. The highest BCUT2D eigenvalue weighted by Gasteiger charge is 2.29. The van der Waals surface area contributed by atoms with Gasteiger partial charge >= 0.3 is 0 Å². The smallest absolute Gasteiger partial charge is 0.228 e. The van der Waals surface area contributed by atoms with Gasteiger partial charge in [-0.05, 0) is 32.0 Å². The summed E-state index contributed by atoms with van der Waals surface area (Å²) in [6.45, 7) is 3.84. The second kappa shape index (κ2) is 8.26. The van der Waals surface area contributed by atoms with E-state index < -0.39 is 0 Å². The van der Waals surface area contributed by atoms with Crippen LogP contribution in [0.25, 0.3) is 0 Å². The van der Waals surface area contributed by atoms with Gasteiger partial charge in [-0.3, -0.25) is 9.59 Å². The Hall–Kier alpha value is -1.66. The van der Waals surface area contributed by atoms with Crippen LogP contribution in [0.3, 0.4) is 0 Å². The molecule has 1 aliphatic rings. The predicted molar refractivity (Wildman–Crippen MR) is 90.3 cm³/mol. The number of carbonyl (C=O) groups is 2. The fourth-order valence-electron chi connectivity index (χ4n) is 2.75. The summed E-state index contributed by atoms with van der Waals surface area (Å²) >= 11 is 5.77. The molecule has 0 radical (unpaired) electrons. The van der Waals surface area contributed by atoms with Crippen LogP contribution in [-0.4, -0.2) is 48.4 Å². The van der Waals surface area contributed by atoms with Gasteiger partial charge in [-0.1, -0.05) is 18.5 Å². The van der Waals surface area contributed by atoms with Crippen molar-refractivity contribution in [2.24, 2.45) is 11.8 Å². The van der Waals surface area contributed by atoms with Crippen LogP contribution >= 0.6 is 11.6 Å². The summed E-state index contributed by atoms with van der Waals surface area (Å²) in [4.78, 5) is 30.4. The molecule has 0 aromatic carbocycles. The Morgan fingerprint density at radius 1 is 1.39 bits per heavy atom. The SMILES string of the molecule is CNCC(C)C(=O)N1CCC(C(=O)Nc2ccc(Cl)cn2)CC1. The molecule has 1 unspecified atom stereocenters. The van der Waals surface area contributed by atoms with E-state index in [1.807, 2.05) is 18.9 Å². The average Bonchev–Trinajstić information content (AvgIpc) is 2.56. The normalized spacial score (nSPS) is 16.9. The number of aromatic nitrogens is 1. The van der Waals surface area contributed by atoms with Gasteiger partial charge in [0, 0.05) is 37.7 Å². The van der Waals surface area contributed by atoms with E-state index >= 15 is 0 Å². The van der Waals surface area contributed by atoms with Crippen molar-refractivity contribution in [3.8, 4) is 0 Å². The molecule has 1 atom stereocenters. The summed E-state index contributed by atoms with van der Waals surface area (Å²) in [5, 5.41) is 6.35. The zero-order valence-corrected chi connectivity index (χ0v) is 14.3. The van der Waals surface area contributed by atoms with E-state index in [1.54, 1.807) is 12.1 Å². The lowest BCUT2D eigenvalue weighted by Gasteiger charge is -2.33. The van der Waals surface area contributed by atoms with Crippen LogP contribution in [0, 0.1) is 11.8 Å². The summed E-state index contributed by atoms with van der Waals surface area (Å²) in [7, 11) is 1.84. The van der Waals surface area contributed by atoms with Crippen LogP contribution in [0.15, 0.2) is 18.3 Å². The summed E-state index contributed by atoms with van der Waals surface area (Å²) in [5.41, 5.74) is 0. The minimum Gasteiger partial charge on any atom is -0.342 e. The van der Waals surface area contributed by atoms with E-state index in [4.69, 9.17) is 11.6 Å². The zero-order chi connectivity index (χ0) is 16.8. The number of amides is 2. The molecule has 1 aromatic heterocycles. The maximum absolute atomic E-state index is 12.3. The number of hydrogen-bond donors (Lipinski definition) is 2. The van der Waals surface area contributed by atoms with Crippen molar-refractivity contribution in [3.05, 3.63) is 23.4 Å². The molecule has 1 aromatic rings. The van der Waals surface area contributed by atoms with Crippen molar-refractivity contribution >= 4 is 29.2 Å². The van der Waals surface area contributed by atoms with Gasteiger partial charge < -0.3 is 15.5 Å². The van der Waals surface area contributed by atoms with Gasteiger partial charge in [0.15, 0.2) is 0 Å². The summed E-state index contributed by atoms with van der Waals surface area (Å²) in [5.74, 6) is 0.480. The number of anilines is 1. The van der Waals surface area contributed by atoms with Crippen molar-refractivity contribution in [3.63, 3.8) is 0 Å². The van der Waals surface area contributed by atoms with Crippen molar-refractivity contribution in [1.82, 2.24) is 15.2 Å². The van der Waals surface area contributed by atoms with E-state index in [0.29, 0.717) is 43.3 Å². The maximum Gasteiger partial charge on any atom is 0.228 e. The molecular weight excluding hydrogens is 316 g/mol. The third-order valence-electron chi connectivity index (χ3n) is 4.09. The molecular formula is C16H23ClN4O2. The molecule has 0 aliphatic carbocycles. The second-order valence-corrected chi connectivity index (χ2v) is 6.35.